The van der Waals surface area contributed by atoms with E-state index < -0.39 is 0 Å². The number of aryl methyl sites for hydroxylation is 1. The van der Waals surface area contributed by atoms with E-state index in [-0.39, 0.29) is 5.91 Å². The molecule has 7 heteroatoms. The molecule has 0 spiro atoms. The van der Waals surface area contributed by atoms with Gasteiger partial charge >= 0.3 is 0 Å². The second kappa shape index (κ2) is 12.6. The number of amides is 1. The Labute approximate surface area is 202 Å². The Morgan fingerprint density at radius 2 is 1.59 bits per heavy atom. The molecule has 1 heterocycles. The van der Waals surface area contributed by atoms with Gasteiger partial charge in [-0.05, 0) is 75.7 Å². The monoisotopic (exact) mass is 461 g/mol. The highest BCUT2D eigenvalue weighted by Gasteiger charge is 2.09. The first-order valence-electron chi connectivity index (χ1n) is 12.0. The highest BCUT2D eigenvalue weighted by Crippen LogP contribution is 2.22. The molecule has 0 saturated heterocycles. The van der Waals surface area contributed by atoms with E-state index in [9.17, 15) is 4.79 Å². The first kappa shape index (κ1) is 25.0. The third-order valence-corrected chi connectivity index (χ3v) is 5.46. The molecule has 0 bridgehead atoms. The van der Waals surface area contributed by atoms with Crippen LogP contribution < -0.4 is 20.3 Å². The molecule has 0 aliphatic carbocycles. The van der Waals surface area contributed by atoms with Gasteiger partial charge in [0.15, 0.2) is 0 Å². The van der Waals surface area contributed by atoms with Gasteiger partial charge in [0.2, 0.25) is 0 Å². The van der Waals surface area contributed by atoms with Gasteiger partial charge < -0.3 is 20.3 Å². The van der Waals surface area contributed by atoms with Crippen molar-refractivity contribution in [3.8, 4) is 5.75 Å². The summed E-state index contributed by atoms with van der Waals surface area (Å²) in [5.41, 5.74) is 2.19. The van der Waals surface area contributed by atoms with Crippen LogP contribution >= 0.6 is 0 Å². The molecule has 34 heavy (non-hydrogen) atoms. The molecule has 0 aliphatic rings. The number of nitrogens with one attached hydrogen (secondary N) is 2. The first-order valence-corrected chi connectivity index (χ1v) is 12.0. The van der Waals surface area contributed by atoms with E-state index >= 15 is 0 Å². The number of rotatable bonds is 12. The van der Waals surface area contributed by atoms with Crippen LogP contribution in [0.1, 0.15) is 56.2 Å². The maximum atomic E-state index is 12.6. The summed E-state index contributed by atoms with van der Waals surface area (Å²) in [7, 11) is 0. The molecule has 0 saturated carbocycles. The van der Waals surface area contributed by atoms with Crippen LogP contribution in [-0.4, -0.2) is 35.6 Å². The zero-order valence-corrected chi connectivity index (χ0v) is 20.6. The van der Waals surface area contributed by atoms with E-state index in [1.165, 1.54) is 0 Å². The normalized spacial score (nSPS) is 10.6. The summed E-state index contributed by atoms with van der Waals surface area (Å²) in [6.45, 7) is 10.7. The lowest BCUT2D eigenvalue weighted by atomic mass is 10.2. The molecule has 180 valence electrons. The third-order valence-electron chi connectivity index (χ3n) is 5.46. The van der Waals surface area contributed by atoms with Crippen molar-refractivity contribution in [2.45, 2.75) is 47.0 Å². The summed E-state index contributed by atoms with van der Waals surface area (Å²) < 4.78 is 5.71. The zero-order valence-electron chi connectivity index (χ0n) is 20.6. The highest BCUT2D eigenvalue weighted by atomic mass is 16.5. The Kier molecular flexibility index (Phi) is 9.26. The van der Waals surface area contributed by atoms with Gasteiger partial charge in [-0.3, -0.25) is 4.79 Å². The van der Waals surface area contributed by atoms with Crippen molar-refractivity contribution >= 4 is 28.9 Å². The van der Waals surface area contributed by atoms with Gasteiger partial charge in [0.05, 0.1) is 6.61 Å². The number of carbonyl (C=O) groups is 1. The Balaban J connectivity index is 1.58. The van der Waals surface area contributed by atoms with Gasteiger partial charge in [-0.25, -0.2) is 9.97 Å². The van der Waals surface area contributed by atoms with Crippen LogP contribution in [0.5, 0.6) is 5.75 Å². The van der Waals surface area contributed by atoms with Crippen LogP contribution in [0.4, 0.5) is 23.0 Å². The standard InChI is InChI=1S/C27H35N5O2/c1-5-8-9-18-34-24-16-10-21(11-17-24)27(33)31-23-14-12-22(13-15-23)30-25-19-26(29-20(4)28-25)32(6-2)7-3/h10-17,19H,5-9,18H2,1-4H3,(H,31,33)(H,28,29,30). The van der Waals surface area contributed by atoms with E-state index in [2.05, 4.69) is 46.3 Å². The average Bonchev–Trinajstić information content (AvgIpc) is 2.84. The van der Waals surface area contributed by atoms with E-state index in [4.69, 9.17) is 4.74 Å². The minimum atomic E-state index is -0.159. The van der Waals surface area contributed by atoms with Crippen LogP contribution in [0.3, 0.4) is 0 Å². The van der Waals surface area contributed by atoms with Crippen molar-refractivity contribution in [3.63, 3.8) is 0 Å². The van der Waals surface area contributed by atoms with Crippen molar-refractivity contribution in [2.24, 2.45) is 0 Å². The van der Waals surface area contributed by atoms with Gasteiger partial charge in [-0.1, -0.05) is 19.8 Å². The molecular weight excluding hydrogens is 426 g/mol. The summed E-state index contributed by atoms with van der Waals surface area (Å²) >= 11 is 0. The Hall–Kier alpha value is -3.61. The number of nitrogens with zero attached hydrogens (tertiary/aromatic N) is 3. The number of ether oxygens (including phenoxy) is 1. The van der Waals surface area contributed by atoms with E-state index in [1.54, 1.807) is 12.1 Å². The van der Waals surface area contributed by atoms with E-state index in [1.807, 2.05) is 49.4 Å². The molecule has 3 aromatic rings. The van der Waals surface area contributed by atoms with Crippen molar-refractivity contribution < 1.29 is 9.53 Å². The Morgan fingerprint density at radius 3 is 2.24 bits per heavy atom. The topological polar surface area (TPSA) is 79.4 Å². The highest BCUT2D eigenvalue weighted by molar-refractivity contribution is 6.04. The molecule has 0 unspecified atom stereocenters. The van der Waals surface area contributed by atoms with Gasteiger partial charge in [0.25, 0.3) is 5.91 Å². The molecule has 0 atom stereocenters. The van der Waals surface area contributed by atoms with Gasteiger partial charge in [0, 0.05) is 36.1 Å². The molecular formula is C27H35N5O2. The number of hydrogen-bond acceptors (Lipinski definition) is 6. The number of anilines is 4. The molecule has 7 nitrogen and oxygen atoms in total. The predicted molar refractivity (Wildman–Crippen MR) is 139 cm³/mol. The molecule has 1 aromatic heterocycles. The van der Waals surface area contributed by atoms with Crippen molar-refractivity contribution in [1.29, 1.82) is 0 Å². The summed E-state index contributed by atoms with van der Waals surface area (Å²) in [4.78, 5) is 23.8. The van der Waals surface area contributed by atoms with E-state index in [0.717, 1.165) is 61.1 Å². The average molecular weight is 462 g/mol. The fourth-order valence-corrected chi connectivity index (χ4v) is 3.56. The number of unbranched alkanes of at least 4 members (excludes halogenated alkanes) is 2. The number of carbonyl (C=O) groups excluding carboxylic acids is 1. The summed E-state index contributed by atoms with van der Waals surface area (Å²) in [5, 5.41) is 6.26. The molecule has 2 aromatic carbocycles. The van der Waals surface area contributed by atoms with Crippen LogP contribution in [-0.2, 0) is 0 Å². The summed E-state index contributed by atoms with van der Waals surface area (Å²) in [6, 6.07) is 16.8. The molecule has 0 fully saturated rings. The Bertz CT molecular complexity index is 1050. The van der Waals surface area contributed by atoms with Crippen LogP contribution in [0.15, 0.2) is 54.6 Å². The SMILES string of the molecule is CCCCCOc1ccc(C(=O)Nc2ccc(Nc3cc(N(CC)CC)nc(C)n3)cc2)cc1. The Morgan fingerprint density at radius 1 is 0.912 bits per heavy atom. The van der Waals surface area contributed by atoms with Crippen LogP contribution in [0.25, 0.3) is 0 Å². The fourth-order valence-electron chi connectivity index (χ4n) is 3.56. The zero-order chi connectivity index (χ0) is 24.3. The third kappa shape index (κ3) is 7.20. The summed E-state index contributed by atoms with van der Waals surface area (Å²) in [5.74, 6) is 2.98. The second-order valence-electron chi connectivity index (χ2n) is 8.07. The van der Waals surface area contributed by atoms with Crippen LogP contribution in [0, 0.1) is 6.92 Å². The maximum Gasteiger partial charge on any atom is 0.255 e. The lowest BCUT2D eigenvalue weighted by Crippen LogP contribution is -2.23. The van der Waals surface area contributed by atoms with Gasteiger partial charge in [0.1, 0.15) is 23.2 Å². The smallest absolute Gasteiger partial charge is 0.255 e. The number of benzene rings is 2. The fraction of sp³-hybridized carbons (Fsp3) is 0.370. The lowest BCUT2D eigenvalue weighted by Gasteiger charge is -2.20. The van der Waals surface area contributed by atoms with Crippen LogP contribution in [0.2, 0.25) is 0 Å². The molecule has 0 radical (unpaired) electrons. The molecule has 1 amide bonds. The largest absolute Gasteiger partial charge is 0.494 e. The van der Waals surface area contributed by atoms with Crippen molar-refractivity contribution in [3.05, 3.63) is 66.0 Å². The molecule has 3 rings (SSSR count). The molecule has 0 aliphatic heterocycles. The predicted octanol–water partition coefficient (Wildman–Crippen LogP) is 6.20. The number of hydrogen-bond donors (Lipinski definition) is 2. The van der Waals surface area contributed by atoms with Crippen molar-refractivity contribution in [2.75, 3.05) is 35.2 Å². The van der Waals surface area contributed by atoms with Gasteiger partial charge in [-0.15, -0.1) is 0 Å². The quantitative estimate of drug-likeness (QED) is 0.313. The summed E-state index contributed by atoms with van der Waals surface area (Å²) in [6.07, 6.45) is 3.36. The maximum absolute atomic E-state index is 12.6. The van der Waals surface area contributed by atoms with Gasteiger partial charge in [-0.2, -0.15) is 0 Å². The van der Waals surface area contributed by atoms with Crippen molar-refractivity contribution in [1.82, 2.24) is 9.97 Å². The minimum Gasteiger partial charge on any atom is -0.494 e. The van der Waals surface area contributed by atoms with E-state index in [0.29, 0.717) is 18.0 Å². The lowest BCUT2D eigenvalue weighted by molar-refractivity contribution is 0.102. The second-order valence-corrected chi connectivity index (χ2v) is 8.07. The minimum absolute atomic E-state index is 0.159. The molecule has 2 N–H and O–H groups in total. The number of aromatic nitrogens is 2. The first-order chi connectivity index (χ1) is 16.5.